The molecule has 0 aromatic carbocycles. The molecular weight excluding hydrogens is 200 g/mol. The van der Waals surface area contributed by atoms with Crippen LogP contribution in [0.15, 0.2) is 12.3 Å². The number of hydrogen-bond donors (Lipinski definition) is 2. The molecule has 4 nitrogen and oxygen atoms in total. The minimum Gasteiger partial charge on any atom is -0.395 e. The molecule has 1 aromatic heterocycles. The predicted octanol–water partition coefficient (Wildman–Crippen LogP) is 2.14. The lowest BCUT2D eigenvalue weighted by atomic mass is 9.98. The zero-order valence-corrected chi connectivity index (χ0v) is 9.62. The molecule has 3 N–H and O–H groups in total. The average Bonchev–Trinajstić information content (AvgIpc) is 3.04. The zero-order chi connectivity index (χ0) is 11.8. The Labute approximate surface area is 95.5 Å². The monoisotopic (exact) mass is 216 g/mol. The van der Waals surface area contributed by atoms with Gasteiger partial charge in [-0.25, -0.2) is 4.98 Å². The summed E-state index contributed by atoms with van der Waals surface area (Å²) in [6, 6.07) is 3.69. The Morgan fingerprint density at radius 1 is 1.56 bits per heavy atom. The molecule has 4 heteroatoms. The van der Waals surface area contributed by atoms with Crippen LogP contribution in [0, 0.1) is 17.2 Å². The summed E-state index contributed by atoms with van der Waals surface area (Å²) in [5.74, 6) is 1.30. The van der Waals surface area contributed by atoms with Crippen molar-refractivity contribution >= 4 is 11.5 Å². The third-order valence-corrected chi connectivity index (χ3v) is 3.15. The van der Waals surface area contributed by atoms with E-state index in [1.807, 2.05) is 0 Å². The largest absolute Gasteiger partial charge is 0.395 e. The highest BCUT2D eigenvalue weighted by atomic mass is 15.1. The average molecular weight is 216 g/mol. The molecule has 0 saturated heterocycles. The Bertz CT molecular complexity index is 441. The van der Waals surface area contributed by atoms with Gasteiger partial charge in [0.25, 0.3) is 0 Å². The molecule has 1 heterocycles. The molecule has 0 spiro atoms. The molecule has 0 atom stereocenters. The molecule has 16 heavy (non-hydrogen) atoms. The fraction of sp³-hybridized carbons (Fsp3) is 0.500. The van der Waals surface area contributed by atoms with Crippen LogP contribution < -0.4 is 11.1 Å². The van der Waals surface area contributed by atoms with Gasteiger partial charge in [-0.2, -0.15) is 5.26 Å². The minimum absolute atomic E-state index is 0.00476. The van der Waals surface area contributed by atoms with Crippen LogP contribution in [-0.4, -0.2) is 10.5 Å². The number of nitrogens with one attached hydrogen (secondary N) is 1. The van der Waals surface area contributed by atoms with Gasteiger partial charge in [-0.05, 0) is 38.7 Å². The van der Waals surface area contributed by atoms with Gasteiger partial charge in [-0.15, -0.1) is 0 Å². The molecule has 0 radical (unpaired) electrons. The van der Waals surface area contributed by atoms with Crippen molar-refractivity contribution in [2.24, 2.45) is 5.92 Å². The first-order valence-electron chi connectivity index (χ1n) is 5.47. The fourth-order valence-corrected chi connectivity index (χ4v) is 1.88. The van der Waals surface area contributed by atoms with Crippen LogP contribution in [0.4, 0.5) is 11.5 Å². The van der Waals surface area contributed by atoms with Crippen LogP contribution in [0.25, 0.3) is 0 Å². The van der Waals surface area contributed by atoms with Crippen molar-refractivity contribution in [3.05, 3.63) is 17.8 Å². The Morgan fingerprint density at radius 3 is 2.81 bits per heavy atom. The molecular formula is C12H16N4. The number of nitrogens with two attached hydrogens (primary N) is 1. The van der Waals surface area contributed by atoms with Crippen molar-refractivity contribution < 1.29 is 0 Å². The normalized spacial score (nSPS) is 15.6. The SMILES string of the molecule is CC(C)(Nc1nccc(C#N)c1N)C1CC1. The van der Waals surface area contributed by atoms with Gasteiger partial charge in [-0.3, -0.25) is 0 Å². The highest BCUT2D eigenvalue weighted by Crippen LogP contribution is 2.41. The molecule has 1 aliphatic carbocycles. The van der Waals surface area contributed by atoms with E-state index in [0.717, 1.165) is 0 Å². The molecule has 0 aliphatic heterocycles. The summed E-state index contributed by atoms with van der Waals surface area (Å²) in [5, 5.41) is 12.2. The molecule has 1 fully saturated rings. The second-order valence-corrected chi connectivity index (χ2v) is 4.85. The van der Waals surface area contributed by atoms with Crippen molar-refractivity contribution in [1.82, 2.24) is 4.98 Å². The van der Waals surface area contributed by atoms with E-state index >= 15 is 0 Å². The van der Waals surface area contributed by atoms with Crippen molar-refractivity contribution in [2.75, 3.05) is 11.1 Å². The lowest BCUT2D eigenvalue weighted by molar-refractivity contribution is 0.493. The van der Waals surface area contributed by atoms with Gasteiger partial charge in [0.2, 0.25) is 0 Å². The number of nitriles is 1. The predicted molar refractivity (Wildman–Crippen MR) is 63.8 cm³/mol. The first-order chi connectivity index (χ1) is 7.54. The Kier molecular flexibility index (Phi) is 2.47. The molecule has 0 bridgehead atoms. The maximum atomic E-state index is 8.88. The second kappa shape index (κ2) is 3.67. The summed E-state index contributed by atoms with van der Waals surface area (Å²) in [5.41, 5.74) is 6.79. The van der Waals surface area contributed by atoms with Crippen molar-refractivity contribution in [1.29, 1.82) is 5.26 Å². The summed E-state index contributed by atoms with van der Waals surface area (Å²) >= 11 is 0. The van der Waals surface area contributed by atoms with E-state index in [-0.39, 0.29) is 5.54 Å². The van der Waals surface area contributed by atoms with E-state index in [2.05, 4.69) is 30.2 Å². The number of hydrogen-bond acceptors (Lipinski definition) is 4. The summed E-state index contributed by atoms with van der Waals surface area (Å²) in [6.07, 6.45) is 4.11. The Hall–Kier alpha value is -1.76. The summed E-state index contributed by atoms with van der Waals surface area (Å²) in [6.45, 7) is 4.29. The van der Waals surface area contributed by atoms with Crippen LogP contribution in [-0.2, 0) is 0 Å². The highest BCUT2D eigenvalue weighted by Gasteiger charge is 2.38. The first kappa shape index (κ1) is 10.7. The number of anilines is 2. The summed E-state index contributed by atoms with van der Waals surface area (Å²) < 4.78 is 0. The van der Waals surface area contributed by atoms with Crippen molar-refractivity contribution in [2.45, 2.75) is 32.2 Å². The van der Waals surface area contributed by atoms with Crippen molar-refractivity contribution in [3.8, 4) is 6.07 Å². The van der Waals surface area contributed by atoms with Gasteiger partial charge in [-0.1, -0.05) is 0 Å². The smallest absolute Gasteiger partial charge is 0.150 e. The molecule has 1 aromatic rings. The quantitative estimate of drug-likeness (QED) is 0.811. The first-order valence-corrected chi connectivity index (χ1v) is 5.47. The van der Waals surface area contributed by atoms with E-state index in [1.165, 1.54) is 12.8 Å². The Morgan fingerprint density at radius 2 is 2.25 bits per heavy atom. The van der Waals surface area contributed by atoms with Gasteiger partial charge < -0.3 is 11.1 Å². The topological polar surface area (TPSA) is 74.7 Å². The third-order valence-electron chi connectivity index (χ3n) is 3.15. The minimum atomic E-state index is -0.00476. The van der Waals surface area contributed by atoms with Crippen LogP contribution in [0.5, 0.6) is 0 Å². The summed E-state index contributed by atoms with van der Waals surface area (Å²) in [4.78, 5) is 4.20. The van der Waals surface area contributed by atoms with Crippen molar-refractivity contribution in [3.63, 3.8) is 0 Å². The summed E-state index contributed by atoms with van der Waals surface area (Å²) in [7, 11) is 0. The van der Waals surface area contributed by atoms with Gasteiger partial charge in [0.1, 0.15) is 6.07 Å². The van der Waals surface area contributed by atoms with E-state index in [4.69, 9.17) is 11.0 Å². The van der Waals surface area contributed by atoms with Gasteiger partial charge in [0.15, 0.2) is 5.82 Å². The van der Waals surface area contributed by atoms with Gasteiger partial charge in [0, 0.05) is 11.7 Å². The maximum Gasteiger partial charge on any atom is 0.150 e. The highest BCUT2D eigenvalue weighted by molar-refractivity contribution is 5.69. The molecule has 0 amide bonds. The molecule has 1 aliphatic rings. The zero-order valence-electron chi connectivity index (χ0n) is 9.62. The number of aromatic nitrogens is 1. The number of nitrogen functional groups attached to an aromatic ring is 1. The lowest BCUT2D eigenvalue weighted by Gasteiger charge is -2.27. The second-order valence-electron chi connectivity index (χ2n) is 4.85. The van der Waals surface area contributed by atoms with E-state index < -0.39 is 0 Å². The van der Waals surface area contributed by atoms with Crippen LogP contribution in [0.1, 0.15) is 32.3 Å². The molecule has 1 saturated carbocycles. The van der Waals surface area contributed by atoms with Crippen LogP contribution >= 0.6 is 0 Å². The molecule has 84 valence electrons. The van der Waals surface area contributed by atoms with Gasteiger partial charge >= 0.3 is 0 Å². The van der Waals surface area contributed by atoms with Crippen LogP contribution in [0.2, 0.25) is 0 Å². The van der Waals surface area contributed by atoms with Gasteiger partial charge in [0.05, 0.1) is 11.3 Å². The van der Waals surface area contributed by atoms with E-state index in [0.29, 0.717) is 23.0 Å². The molecule has 2 rings (SSSR count). The fourth-order valence-electron chi connectivity index (χ4n) is 1.88. The van der Waals surface area contributed by atoms with Crippen LogP contribution in [0.3, 0.4) is 0 Å². The third kappa shape index (κ3) is 1.94. The molecule has 0 unspecified atom stereocenters. The number of rotatable bonds is 3. The maximum absolute atomic E-state index is 8.88. The van der Waals surface area contributed by atoms with E-state index in [9.17, 15) is 0 Å². The number of pyridine rings is 1. The standard InChI is InChI=1S/C12H16N4/c1-12(2,9-3-4-9)16-11-10(14)8(7-13)5-6-15-11/h5-6,9H,3-4,14H2,1-2H3,(H,15,16). The number of nitrogens with zero attached hydrogens (tertiary/aromatic N) is 2. The Balaban J connectivity index is 2.25. The van der Waals surface area contributed by atoms with E-state index in [1.54, 1.807) is 12.3 Å². The lowest BCUT2D eigenvalue weighted by Crippen LogP contribution is -2.34.